The smallest absolute Gasteiger partial charge is 0.390 e. The largest absolute Gasteiger partial charge is 0.490 e. The molecule has 1 aliphatic rings. The molecule has 2 rings (SSSR count). The van der Waals surface area contributed by atoms with Gasteiger partial charge in [-0.05, 0) is 11.9 Å². The molecule has 172 valence electrons. The number of hydrogen-bond donors (Lipinski definition) is 5. The van der Waals surface area contributed by atoms with E-state index in [2.05, 4.69) is 13.1 Å². The van der Waals surface area contributed by atoms with Crippen LogP contribution in [-0.2, 0) is 31.6 Å². The van der Waals surface area contributed by atoms with Gasteiger partial charge in [-0.2, -0.15) is 8.62 Å². The van der Waals surface area contributed by atoms with Crippen LogP contribution in [0.3, 0.4) is 0 Å². The van der Waals surface area contributed by atoms with Crippen LogP contribution in [0.4, 0.5) is 0 Å². The molecule has 20 heteroatoms. The molecule has 1 saturated heterocycles. The summed E-state index contributed by atoms with van der Waals surface area (Å²) in [4.78, 5) is 59.3. The fraction of sp³-hybridized carbons (Fsp3) is 0.600. The Morgan fingerprint density at radius 1 is 1.17 bits per heavy atom. The molecule has 5 atom stereocenters. The highest BCUT2D eigenvalue weighted by Crippen LogP contribution is 2.66. The Balaban J connectivity index is 2.05. The minimum atomic E-state index is -5.68. The van der Waals surface area contributed by atoms with Gasteiger partial charge >= 0.3 is 29.2 Å². The van der Waals surface area contributed by atoms with E-state index in [-0.39, 0.29) is 6.42 Å². The van der Waals surface area contributed by atoms with E-state index < -0.39 is 59.8 Å². The molecule has 0 amide bonds. The first-order valence-corrected chi connectivity index (χ1v) is 13.3. The SMILES string of the molecule is CSn1c(=O)ccn([C@H]2C[C@@H](O)[C@@H](COP(=O)(O)OP(=O)(O)OP(=O)(O)O)O2)c1=O. The molecule has 5 N–H and O–H groups in total. The first-order chi connectivity index (χ1) is 13.6. The average molecular weight is 514 g/mol. The van der Waals surface area contributed by atoms with E-state index in [1.807, 2.05) is 0 Å². The molecular formula is C10H17N2O14P3S. The number of phosphoric ester groups is 1. The number of aliphatic hydroxyl groups is 1. The number of nitrogens with zero attached hydrogens (tertiary/aromatic N) is 2. The highest BCUT2D eigenvalue weighted by atomic mass is 32.2. The first kappa shape index (κ1) is 25.6. The van der Waals surface area contributed by atoms with Gasteiger partial charge in [0.25, 0.3) is 5.56 Å². The molecule has 0 bridgehead atoms. The average Bonchev–Trinajstić information content (AvgIpc) is 2.91. The van der Waals surface area contributed by atoms with E-state index >= 15 is 0 Å². The summed E-state index contributed by atoms with van der Waals surface area (Å²) in [5.41, 5.74) is -1.33. The molecule has 0 aromatic carbocycles. The second-order valence-electron chi connectivity index (χ2n) is 5.64. The van der Waals surface area contributed by atoms with Crippen molar-refractivity contribution in [2.24, 2.45) is 0 Å². The van der Waals surface area contributed by atoms with Crippen LogP contribution in [0.2, 0.25) is 0 Å². The van der Waals surface area contributed by atoms with Crippen LogP contribution in [0.1, 0.15) is 12.6 Å². The Morgan fingerprint density at radius 3 is 2.37 bits per heavy atom. The summed E-state index contributed by atoms with van der Waals surface area (Å²) in [7, 11) is -16.6. The van der Waals surface area contributed by atoms with Crippen molar-refractivity contribution in [1.29, 1.82) is 0 Å². The van der Waals surface area contributed by atoms with Crippen molar-refractivity contribution in [1.82, 2.24) is 8.54 Å². The lowest BCUT2D eigenvalue weighted by Gasteiger charge is -2.19. The van der Waals surface area contributed by atoms with E-state index in [1.165, 1.54) is 6.26 Å². The van der Waals surface area contributed by atoms with Crippen LogP contribution < -0.4 is 11.2 Å². The lowest BCUT2D eigenvalue weighted by atomic mass is 10.2. The summed E-state index contributed by atoms with van der Waals surface area (Å²) >= 11 is 0.843. The van der Waals surface area contributed by atoms with Gasteiger partial charge in [0.05, 0.1) is 12.7 Å². The first-order valence-electron chi connectivity index (χ1n) is 7.65. The molecule has 0 radical (unpaired) electrons. The second-order valence-corrected chi connectivity index (χ2v) is 10.8. The lowest BCUT2D eigenvalue weighted by Crippen LogP contribution is -2.37. The summed E-state index contributed by atoms with van der Waals surface area (Å²) in [6.07, 6.45) is -1.23. The molecule has 1 aromatic rings. The Morgan fingerprint density at radius 2 is 1.80 bits per heavy atom. The van der Waals surface area contributed by atoms with E-state index in [4.69, 9.17) is 19.4 Å². The van der Waals surface area contributed by atoms with E-state index in [0.717, 1.165) is 32.8 Å². The minimum Gasteiger partial charge on any atom is -0.390 e. The molecule has 1 aromatic heterocycles. The van der Waals surface area contributed by atoms with Gasteiger partial charge in [0.2, 0.25) is 0 Å². The van der Waals surface area contributed by atoms with Crippen molar-refractivity contribution >= 4 is 35.4 Å². The van der Waals surface area contributed by atoms with E-state index in [1.54, 1.807) is 0 Å². The van der Waals surface area contributed by atoms with Crippen molar-refractivity contribution in [3.05, 3.63) is 33.1 Å². The Labute approximate surface area is 171 Å². The van der Waals surface area contributed by atoms with Crippen LogP contribution in [-0.4, -0.2) is 58.3 Å². The third kappa shape index (κ3) is 6.93. The molecular weight excluding hydrogens is 497 g/mol. The van der Waals surface area contributed by atoms with Crippen molar-refractivity contribution in [2.75, 3.05) is 12.9 Å². The summed E-state index contributed by atoms with van der Waals surface area (Å²) in [5, 5.41) is 10.0. The Hall–Kier alpha value is -0.640. The van der Waals surface area contributed by atoms with E-state index in [9.17, 15) is 33.3 Å². The number of ether oxygens (including phenoxy) is 1. The normalized spacial score (nSPS) is 26.3. The van der Waals surface area contributed by atoms with E-state index in [0.29, 0.717) is 0 Å². The summed E-state index contributed by atoms with van der Waals surface area (Å²) in [6, 6.07) is 1.09. The second kappa shape index (κ2) is 9.46. The highest BCUT2D eigenvalue weighted by Gasteiger charge is 2.43. The zero-order chi connectivity index (χ0) is 22.9. The van der Waals surface area contributed by atoms with Gasteiger partial charge in [0.1, 0.15) is 12.3 Å². The highest BCUT2D eigenvalue weighted by molar-refractivity contribution is 7.97. The van der Waals surface area contributed by atoms with Gasteiger partial charge in [-0.1, -0.05) is 0 Å². The van der Waals surface area contributed by atoms with Crippen LogP contribution in [0.5, 0.6) is 0 Å². The third-order valence-corrected chi connectivity index (χ3v) is 7.99. The topological polar surface area (TPSA) is 233 Å². The number of rotatable bonds is 9. The summed E-state index contributed by atoms with van der Waals surface area (Å²) < 4.78 is 52.3. The Kier molecular flexibility index (Phi) is 8.08. The molecule has 16 nitrogen and oxygen atoms in total. The zero-order valence-corrected chi connectivity index (χ0v) is 18.4. The van der Waals surface area contributed by atoms with Gasteiger partial charge in [0.15, 0.2) is 0 Å². The lowest BCUT2D eigenvalue weighted by molar-refractivity contribution is -0.0451. The zero-order valence-electron chi connectivity index (χ0n) is 14.9. The molecule has 2 unspecified atom stereocenters. The standard InChI is InChI=1S/C10H17N2O14P3S/c1-30-12-8(14)2-3-11(10(12)15)9-4-6(13)7(24-9)5-23-28(19,20)26-29(21,22)25-27(16,17)18/h2-3,6-7,9,13H,4-5H2,1H3,(H,19,20)(H,21,22)(H2,16,17,18)/t6-,7-,9-/m1/s1. The minimum absolute atomic E-state index is 0.170. The monoisotopic (exact) mass is 514 g/mol. The summed E-state index contributed by atoms with van der Waals surface area (Å²) in [6.45, 7) is -0.877. The van der Waals surface area contributed by atoms with Gasteiger partial charge < -0.3 is 29.4 Å². The molecule has 1 fully saturated rings. The number of aromatic nitrogens is 2. The fourth-order valence-corrected chi connectivity index (χ4v) is 5.89. The van der Waals surface area contributed by atoms with Crippen molar-refractivity contribution in [2.45, 2.75) is 24.9 Å². The molecule has 30 heavy (non-hydrogen) atoms. The predicted molar refractivity (Wildman–Crippen MR) is 98.2 cm³/mol. The summed E-state index contributed by atoms with van der Waals surface area (Å²) in [5.74, 6) is 0. The van der Waals surface area contributed by atoms with Crippen molar-refractivity contribution in [3.8, 4) is 0 Å². The predicted octanol–water partition coefficient (Wildman–Crippen LogP) is -0.872. The quantitative estimate of drug-likeness (QED) is 0.252. The van der Waals surface area contributed by atoms with Gasteiger partial charge in [-0.3, -0.25) is 13.9 Å². The number of phosphoric acid groups is 3. The van der Waals surface area contributed by atoms with Crippen LogP contribution in [0.15, 0.2) is 21.9 Å². The fourth-order valence-electron chi connectivity index (χ4n) is 2.37. The molecule has 0 saturated carbocycles. The molecule has 0 aliphatic carbocycles. The van der Waals surface area contributed by atoms with Crippen LogP contribution in [0, 0.1) is 0 Å². The van der Waals surface area contributed by atoms with Crippen molar-refractivity contribution in [3.63, 3.8) is 0 Å². The maximum absolute atomic E-state index is 12.3. The molecule has 1 aliphatic heterocycles. The van der Waals surface area contributed by atoms with Crippen molar-refractivity contribution < 1.29 is 56.3 Å². The Bertz CT molecular complexity index is 1030. The molecule has 2 heterocycles. The maximum atomic E-state index is 12.3. The molecule has 0 spiro atoms. The van der Waals surface area contributed by atoms with Gasteiger partial charge in [-0.25, -0.2) is 22.5 Å². The number of hydrogen-bond acceptors (Lipinski definition) is 11. The van der Waals surface area contributed by atoms with Crippen LogP contribution >= 0.6 is 35.4 Å². The van der Waals surface area contributed by atoms with Gasteiger partial charge in [0, 0.05) is 24.9 Å². The number of aliphatic hydroxyl groups excluding tert-OH is 1. The maximum Gasteiger partial charge on any atom is 0.490 e. The van der Waals surface area contributed by atoms with Gasteiger partial charge in [-0.15, -0.1) is 0 Å². The third-order valence-electron chi connectivity index (χ3n) is 3.49. The van der Waals surface area contributed by atoms with Crippen LogP contribution in [0.25, 0.3) is 0 Å².